The highest BCUT2D eigenvalue weighted by molar-refractivity contribution is 6.30. The Hall–Kier alpha value is -2.96. The molecule has 3 nitrogen and oxygen atoms in total. The number of hydrogen-bond acceptors (Lipinski definition) is 3. The molecule has 158 valence electrons. The molecule has 0 N–H and O–H groups in total. The predicted octanol–water partition coefficient (Wildman–Crippen LogP) is 7.36. The van der Waals surface area contributed by atoms with E-state index in [1.807, 2.05) is 0 Å². The zero-order valence-electron chi connectivity index (χ0n) is 15.7. The molecule has 0 radical (unpaired) electrons. The lowest BCUT2D eigenvalue weighted by atomic mass is 10.0. The van der Waals surface area contributed by atoms with E-state index in [1.54, 1.807) is 24.3 Å². The van der Waals surface area contributed by atoms with Gasteiger partial charge in [-0.25, -0.2) is 0 Å². The van der Waals surface area contributed by atoms with Crippen LogP contribution < -0.4 is 10.2 Å². The van der Waals surface area contributed by atoms with E-state index in [-0.39, 0.29) is 28.9 Å². The van der Waals surface area contributed by atoms with E-state index >= 15 is 0 Å². The monoisotopic (exact) mass is 464 g/mol. The second-order valence-corrected chi connectivity index (χ2v) is 7.59. The minimum Gasteiger partial charge on any atom is -0.489 e. The van der Waals surface area contributed by atoms with Gasteiger partial charge in [-0.2, -0.15) is 13.2 Å². The molecule has 0 atom stereocenters. The van der Waals surface area contributed by atoms with Crippen molar-refractivity contribution in [1.29, 1.82) is 0 Å². The Bertz CT molecular complexity index is 1310. The van der Waals surface area contributed by atoms with Crippen LogP contribution >= 0.6 is 23.2 Å². The standard InChI is InChI=1S/C23H13Cl2F3O3/c24-15-6-4-14(5-7-15)20-21(29)18-9-8-17(11-19(18)31-22(20)23(26,27)28)30-12-13-2-1-3-16(25)10-13/h1-11H,12H2. The van der Waals surface area contributed by atoms with Crippen LogP contribution in [-0.2, 0) is 12.8 Å². The fourth-order valence-electron chi connectivity index (χ4n) is 3.14. The van der Waals surface area contributed by atoms with E-state index in [4.69, 9.17) is 32.4 Å². The summed E-state index contributed by atoms with van der Waals surface area (Å²) in [4.78, 5) is 13.0. The summed E-state index contributed by atoms with van der Waals surface area (Å²) in [6.07, 6.45) is -4.88. The molecule has 0 spiro atoms. The summed E-state index contributed by atoms with van der Waals surface area (Å²) in [5, 5.41) is 0.882. The highest BCUT2D eigenvalue weighted by Gasteiger charge is 2.39. The van der Waals surface area contributed by atoms with Crippen LogP contribution in [0, 0.1) is 0 Å². The third kappa shape index (κ3) is 4.55. The van der Waals surface area contributed by atoms with Crippen LogP contribution in [0.1, 0.15) is 11.3 Å². The average molecular weight is 465 g/mol. The van der Waals surface area contributed by atoms with Gasteiger partial charge in [0.25, 0.3) is 0 Å². The summed E-state index contributed by atoms with van der Waals surface area (Å²) in [5.41, 5.74) is -0.739. The highest BCUT2D eigenvalue weighted by atomic mass is 35.5. The van der Waals surface area contributed by atoms with Gasteiger partial charge in [-0.15, -0.1) is 0 Å². The molecule has 0 unspecified atom stereocenters. The molecular weight excluding hydrogens is 452 g/mol. The van der Waals surface area contributed by atoms with Gasteiger partial charge in [-0.05, 0) is 47.5 Å². The Labute approximate surface area is 184 Å². The molecule has 0 fully saturated rings. The summed E-state index contributed by atoms with van der Waals surface area (Å²) < 4.78 is 52.0. The quantitative estimate of drug-likeness (QED) is 0.316. The Morgan fingerprint density at radius 2 is 1.65 bits per heavy atom. The number of halogens is 5. The number of benzene rings is 3. The first kappa shape index (κ1) is 21.3. The predicted molar refractivity (Wildman–Crippen MR) is 114 cm³/mol. The van der Waals surface area contributed by atoms with Crippen molar-refractivity contribution < 1.29 is 22.3 Å². The van der Waals surface area contributed by atoms with Crippen molar-refractivity contribution in [2.24, 2.45) is 0 Å². The second kappa shape index (κ2) is 8.29. The fourth-order valence-corrected chi connectivity index (χ4v) is 3.47. The SMILES string of the molecule is O=c1c(-c2ccc(Cl)cc2)c(C(F)(F)F)oc2cc(OCc3cccc(Cl)c3)ccc12. The summed E-state index contributed by atoms with van der Waals surface area (Å²) in [5.74, 6) is -1.12. The van der Waals surface area contributed by atoms with Crippen LogP contribution in [0.3, 0.4) is 0 Å². The van der Waals surface area contributed by atoms with Gasteiger partial charge < -0.3 is 9.15 Å². The smallest absolute Gasteiger partial charge is 0.450 e. The molecule has 0 saturated heterocycles. The maximum atomic E-state index is 13.7. The third-order valence-electron chi connectivity index (χ3n) is 4.55. The second-order valence-electron chi connectivity index (χ2n) is 6.72. The van der Waals surface area contributed by atoms with Crippen LogP contribution in [-0.4, -0.2) is 0 Å². The minimum absolute atomic E-state index is 0.00746. The van der Waals surface area contributed by atoms with Crippen LogP contribution in [0.5, 0.6) is 5.75 Å². The van der Waals surface area contributed by atoms with E-state index in [0.717, 1.165) is 5.56 Å². The van der Waals surface area contributed by atoms with Crippen molar-refractivity contribution in [3.8, 4) is 16.9 Å². The largest absolute Gasteiger partial charge is 0.489 e. The number of ether oxygens (including phenoxy) is 1. The van der Waals surface area contributed by atoms with Crippen LogP contribution in [0.4, 0.5) is 13.2 Å². The van der Waals surface area contributed by atoms with Gasteiger partial charge in [-0.1, -0.05) is 47.5 Å². The zero-order valence-corrected chi connectivity index (χ0v) is 17.2. The average Bonchev–Trinajstić information content (AvgIpc) is 2.72. The maximum absolute atomic E-state index is 13.7. The Kier molecular flexibility index (Phi) is 5.69. The molecule has 1 heterocycles. The summed E-state index contributed by atoms with van der Waals surface area (Å²) in [6, 6.07) is 16.6. The van der Waals surface area contributed by atoms with Crippen molar-refractivity contribution >= 4 is 34.2 Å². The molecule has 0 amide bonds. The lowest BCUT2D eigenvalue weighted by molar-refractivity contribution is -0.152. The first-order valence-corrected chi connectivity index (χ1v) is 9.79. The zero-order chi connectivity index (χ0) is 22.2. The molecule has 3 aromatic carbocycles. The molecule has 0 aliphatic carbocycles. The molecule has 0 bridgehead atoms. The van der Waals surface area contributed by atoms with Crippen molar-refractivity contribution in [3.05, 3.63) is 98.3 Å². The van der Waals surface area contributed by atoms with E-state index in [9.17, 15) is 18.0 Å². The first-order valence-electron chi connectivity index (χ1n) is 9.03. The molecule has 8 heteroatoms. The number of alkyl halides is 3. The molecule has 1 aromatic heterocycles. The van der Waals surface area contributed by atoms with E-state index in [1.165, 1.54) is 42.5 Å². The third-order valence-corrected chi connectivity index (χ3v) is 5.04. The molecule has 0 aliphatic heterocycles. The molecule has 4 aromatic rings. The molecular formula is C23H13Cl2F3O3. The highest BCUT2D eigenvalue weighted by Crippen LogP contribution is 2.38. The summed E-state index contributed by atoms with van der Waals surface area (Å²) in [6.45, 7) is 0.144. The van der Waals surface area contributed by atoms with Crippen molar-refractivity contribution in [2.75, 3.05) is 0 Å². The van der Waals surface area contributed by atoms with E-state index in [2.05, 4.69) is 0 Å². The lowest BCUT2D eigenvalue weighted by Gasteiger charge is -2.13. The first-order chi connectivity index (χ1) is 14.7. The van der Waals surface area contributed by atoms with E-state index < -0.39 is 22.9 Å². The van der Waals surface area contributed by atoms with Crippen molar-refractivity contribution in [1.82, 2.24) is 0 Å². The molecule has 0 saturated carbocycles. The van der Waals surface area contributed by atoms with Crippen LogP contribution in [0.25, 0.3) is 22.1 Å². The van der Waals surface area contributed by atoms with Crippen molar-refractivity contribution in [3.63, 3.8) is 0 Å². The minimum atomic E-state index is -4.88. The Morgan fingerprint density at radius 1 is 0.903 bits per heavy atom. The van der Waals surface area contributed by atoms with Gasteiger partial charge in [0.2, 0.25) is 11.2 Å². The van der Waals surface area contributed by atoms with E-state index in [0.29, 0.717) is 10.0 Å². The molecule has 0 aliphatic rings. The summed E-state index contributed by atoms with van der Waals surface area (Å²) >= 11 is 11.8. The van der Waals surface area contributed by atoms with Gasteiger partial charge in [0.1, 0.15) is 17.9 Å². The molecule has 4 rings (SSSR count). The van der Waals surface area contributed by atoms with Gasteiger partial charge in [0.05, 0.1) is 10.9 Å². The van der Waals surface area contributed by atoms with Crippen LogP contribution in [0.15, 0.2) is 75.9 Å². The Balaban J connectivity index is 1.78. The normalized spacial score (nSPS) is 11.6. The maximum Gasteiger partial charge on any atom is 0.450 e. The lowest BCUT2D eigenvalue weighted by Crippen LogP contribution is -2.16. The van der Waals surface area contributed by atoms with Gasteiger partial charge in [0.15, 0.2) is 0 Å². The van der Waals surface area contributed by atoms with Gasteiger partial charge >= 0.3 is 6.18 Å². The molecule has 31 heavy (non-hydrogen) atoms. The summed E-state index contributed by atoms with van der Waals surface area (Å²) in [7, 11) is 0. The number of rotatable bonds is 4. The Morgan fingerprint density at radius 3 is 2.32 bits per heavy atom. The number of fused-ring (bicyclic) bond motifs is 1. The van der Waals surface area contributed by atoms with Gasteiger partial charge in [0, 0.05) is 16.1 Å². The van der Waals surface area contributed by atoms with Crippen molar-refractivity contribution in [2.45, 2.75) is 12.8 Å². The number of hydrogen-bond donors (Lipinski definition) is 0. The topological polar surface area (TPSA) is 39.4 Å². The van der Waals surface area contributed by atoms with Gasteiger partial charge in [-0.3, -0.25) is 4.79 Å². The fraction of sp³-hybridized carbons (Fsp3) is 0.0870. The van der Waals surface area contributed by atoms with Crippen LogP contribution in [0.2, 0.25) is 10.0 Å².